The highest BCUT2D eigenvalue weighted by molar-refractivity contribution is 6.74. The van der Waals surface area contributed by atoms with Crippen LogP contribution in [0.1, 0.15) is 33.6 Å². The molecule has 2 N–H and O–H groups in total. The topological polar surface area (TPSA) is 128 Å². The van der Waals surface area contributed by atoms with Crippen LogP contribution >= 0.6 is 0 Å². The Morgan fingerprint density at radius 3 is 2.69 bits per heavy atom. The average Bonchev–Trinajstić information content (AvgIpc) is 3.03. The summed E-state index contributed by atoms with van der Waals surface area (Å²) in [6.07, 6.45) is 3.59. The lowest BCUT2D eigenvalue weighted by molar-refractivity contribution is 0.288. The highest BCUT2D eigenvalue weighted by Crippen LogP contribution is 2.36. The van der Waals surface area contributed by atoms with Gasteiger partial charge >= 0.3 is 0 Å². The number of halogens is 1. The summed E-state index contributed by atoms with van der Waals surface area (Å²) in [4.78, 5) is 15.0. The van der Waals surface area contributed by atoms with Crippen molar-refractivity contribution in [3.8, 4) is 0 Å². The normalized spacial score (nSPS) is 13.3. The van der Waals surface area contributed by atoms with Gasteiger partial charge in [-0.25, -0.2) is 19.3 Å². The Morgan fingerprint density at radius 1 is 1.31 bits per heavy atom. The third-order valence-corrected chi connectivity index (χ3v) is 9.91. The first-order valence-electron chi connectivity index (χ1n) is 9.49. The second-order valence-electron chi connectivity index (χ2n) is 8.38. The smallest absolute Gasteiger partial charge is 0.191 e. The molecule has 0 aliphatic rings. The van der Waals surface area contributed by atoms with Crippen LogP contribution in [0.5, 0.6) is 0 Å². The third-order valence-electron chi connectivity index (χ3n) is 5.37. The molecule has 0 fully saturated rings. The van der Waals surface area contributed by atoms with Gasteiger partial charge in [-0.05, 0) is 42.1 Å². The van der Waals surface area contributed by atoms with Gasteiger partial charge in [-0.1, -0.05) is 25.9 Å². The van der Waals surface area contributed by atoms with Crippen molar-refractivity contribution in [3.05, 3.63) is 34.5 Å². The van der Waals surface area contributed by atoms with E-state index in [1.165, 1.54) is 12.7 Å². The van der Waals surface area contributed by atoms with Crippen molar-refractivity contribution in [2.45, 2.75) is 58.3 Å². The van der Waals surface area contributed by atoms with Crippen molar-refractivity contribution in [2.75, 3.05) is 18.9 Å². The highest BCUT2D eigenvalue weighted by atomic mass is 28.4. The molecule has 2 aromatic rings. The van der Waals surface area contributed by atoms with Gasteiger partial charge in [-0.3, -0.25) is 0 Å². The Bertz CT molecular complexity index is 928. The van der Waals surface area contributed by atoms with Crippen molar-refractivity contribution in [1.82, 2.24) is 19.5 Å². The molecular formula is C18H29FN8OSi. The number of fused-ring (bicyclic) bond motifs is 1. The number of hydrogen-bond donors (Lipinski definition) is 1. The van der Waals surface area contributed by atoms with Crippen molar-refractivity contribution >= 4 is 25.3 Å². The average molecular weight is 421 g/mol. The molecule has 9 nitrogen and oxygen atoms in total. The van der Waals surface area contributed by atoms with Gasteiger partial charge < -0.3 is 14.7 Å². The molecular weight excluding hydrogens is 391 g/mol. The van der Waals surface area contributed by atoms with Crippen LogP contribution in [0.4, 0.5) is 10.2 Å². The number of nitrogen functional groups attached to an aromatic ring is 1. The minimum Gasteiger partial charge on any atom is -0.417 e. The zero-order valence-electron chi connectivity index (χ0n) is 17.7. The second kappa shape index (κ2) is 9.34. The first kappa shape index (κ1) is 22.8. The van der Waals surface area contributed by atoms with Crippen molar-refractivity contribution in [2.24, 2.45) is 5.11 Å². The summed E-state index contributed by atoms with van der Waals surface area (Å²) in [5.41, 5.74) is 15.8. The number of rotatable bonds is 9. The fraction of sp³-hybridized carbons (Fsp3) is 0.611. The summed E-state index contributed by atoms with van der Waals surface area (Å²) in [7, 11) is -1.92. The van der Waals surface area contributed by atoms with Crippen LogP contribution in [0.25, 0.3) is 21.6 Å². The maximum absolute atomic E-state index is 15.1. The van der Waals surface area contributed by atoms with Crippen LogP contribution in [0.2, 0.25) is 18.1 Å². The summed E-state index contributed by atoms with van der Waals surface area (Å²) in [5, 5.41) is 3.62. The van der Waals surface area contributed by atoms with Gasteiger partial charge in [0.05, 0.1) is 12.9 Å². The molecule has 0 spiro atoms. The first-order chi connectivity index (χ1) is 13.6. The number of allylic oxidation sites excluding steroid dienone is 1. The van der Waals surface area contributed by atoms with E-state index in [2.05, 4.69) is 58.8 Å². The van der Waals surface area contributed by atoms with Gasteiger partial charge in [0, 0.05) is 18.1 Å². The fourth-order valence-corrected chi connectivity index (χ4v) is 3.59. The van der Waals surface area contributed by atoms with Gasteiger partial charge in [0.2, 0.25) is 0 Å². The molecule has 0 amide bonds. The van der Waals surface area contributed by atoms with Crippen molar-refractivity contribution in [3.63, 3.8) is 0 Å². The quantitative estimate of drug-likeness (QED) is 0.271. The maximum atomic E-state index is 15.1. The molecule has 0 saturated heterocycles. The summed E-state index contributed by atoms with van der Waals surface area (Å²) < 4.78 is 22.9. The van der Waals surface area contributed by atoms with Crippen LogP contribution in [0.3, 0.4) is 0 Å². The third kappa shape index (κ3) is 5.75. The molecule has 0 saturated carbocycles. The standard InChI is InChI=1S/C18H29FN8OSi/c1-18(2,3)29(4,5)28-9-7-13(6-8-25-26-21)14(19)10-27-12-24-15-16(20)22-11-23-17(15)27/h11-12H,6-10H2,1-5H3,(H2,20,22,23)/b14-13-. The molecule has 2 aromatic heterocycles. The predicted molar refractivity (Wildman–Crippen MR) is 114 cm³/mol. The van der Waals surface area contributed by atoms with E-state index in [0.29, 0.717) is 36.2 Å². The van der Waals surface area contributed by atoms with Crippen LogP contribution < -0.4 is 5.73 Å². The van der Waals surface area contributed by atoms with E-state index in [0.717, 1.165) is 0 Å². The van der Waals surface area contributed by atoms with Crippen LogP contribution in [-0.4, -0.2) is 41.0 Å². The molecule has 0 bridgehead atoms. The number of aromatic nitrogens is 4. The molecule has 0 unspecified atom stereocenters. The summed E-state index contributed by atoms with van der Waals surface area (Å²) in [6.45, 7) is 11.4. The number of imidazole rings is 1. The Kier molecular flexibility index (Phi) is 7.34. The Hall–Kier alpha value is -2.49. The molecule has 0 radical (unpaired) electrons. The fourth-order valence-electron chi connectivity index (χ4n) is 2.55. The zero-order chi connectivity index (χ0) is 21.7. The van der Waals surface area contributed by atoms with Crippen LogP contribution in [0.15, 0.2) is 29.2 Å². The Labute approximate surface area is 171 Å². The van der Waals surface area contributed by atoms with Crippen LogP contribution in [-0.2, 0) is 11.0 Å². The first-order valence-corrected chi connectivity index (χ1v) is 12.4. The largest absolute Gasteiger partial charge is 0.417 e. The lowest BCUT2D eigenvalue weighted by Crippen LogP contribution is -2.41. The van der Waals surface area contributed by atoms with E-state index in [1.807, 2.05) is 0 Å². The molecule has 158 valence electrons. The van der Waals surface area contributed by atoms with Gasteiger partial charge in [0.1, 0.15) is 17.7 Å². The Morgan fingerprint density at radius 2 is 2.03 bits per heavy atom. The Balaban J connectivity index is 2.18. The molecule has 2 heterocycles. The predicted octanol–water partition coefficient (Wildman–Crippen LogP) is 4.74. The van der Waals surface area contributed by atoms with Gasteiger partial charge in [0.25, 0.3) is 0 Å². The lowest BCUT2D eigenvalue weighted by Gasteiger charge is -2.36. The summed E-state index contributed by atoms with van der Waals surface area (Å²) >= 11 is 0. The SMILES string of the molecule is CC(C)(C)[Si](C)(C)OCC/C(CCN=[N+]=[N-])=C(\F)Cn1cnc2c(N)ncnc21. The molecule has 11 heteroatoms. The molecule has 0 aliphatic carbocycles. The van der Waals surface area contributed by atoms with E-state index < -0.39 is 8.32 Å². The monoisotopic (exact) mass is 420 g/mol. The van der Waals surface area contributed by atoms with Crippen LogP contribution in [0, 0.1) is 0 Å². The highest BCUT2D eigenvalue weighted by Gasteiger charge is 2.36. The number of hydrogen-bond acceptors (Lipinski definition) is 6. The number of azide groups is 1. The molecule has 29 heavy (non-hydrogen) atoms. The van der Waals surface area contributed by atoms with E-state index in [-0.39, 0.29) is 29.8 Å². The number of nitrogens with zero attached hydrogens (tertiary/aromatic N) is 7. The minimum atomic E-state index is -1.92. The summed E-state index contributed by atoms with van der Waals surface area (Å²) in [5.74, 6) is -0.0575. The van der Waals surface area contributed by atoms with Gasteiger partial charge in [0.15, 0.2) is 19.8 Å². The number of anilines is 1. The summed E-state index contributed by atoms with van der Waals surface area (Å²) in [6, 6.07) is 0. The molecule has 2 rings (SSSR count). The van der Waals surface area contributed by atoms with Gasteiger partial charge in [-0.15, -0.1) is 0 Å². The molecule has 0 aliphatic heterocycles. The van der Waals surface area contributed by atoms with E-state index >= 15 is 4.39 Å². The van der Waals surface area contributed by atoms with E-state index in [4.69, 9.17) is 15.7 Å². The minimum absolute atomic E-state index is 0.0291. The lowest BCUT2D eigenvalue weighted by atomic mass is 10.1. The second-order valence-corrected chi connectivity index (χ2v) is 13.2. The number of nitrogens with two attached hydrogens (primary N) is 1. The molecule has 0 aromatic carbocycles. The molecule has 0 atom stereocenters. The van der Waals surface area contributed by atoms with Crippen molar-refractivity contribution < 1.29 is 8.82 Å². The van der Waals surface area contributed by atoms with Crippen molar-refractivity contribution in [1.29, 1.82) is 0 Å². The van der Waals surface area contributed by atoms with E-state index in [9.17, 15) is 0 Å². The maximum Gasteiger partial charge on any atom is 0.191 e. The zero-order valence-corrected chi connectivity index (χ0v) is 18.7. The van der Waals surface area contributed by atoms with Gasteiger partial charge in [-0.2, -0.15) is 0 Å². The van der Waals surface area contributed by atoms with E-state index in [1.54, 1.807) is 4.57 Å².